The fraction of sp³-hybridized carbons (Fsp3) is 0.458. The normalized spacial score (nSPS) is 17.7. The highest BCUT2D eigenvalue weighted by atomic mass is 35.5. The molecule has 0 unspecified atom stereocenters. The van der Waals surface area contributed by atoms with Crippen molar-refractivity contribution < 1.29 is 23.8 Å². The molecule has 3 heterocycles. The van der Waals surface area contributed by atoms with Crippen LogP contribution >= 0.6 is 11.6 Å². The number of nitrogens with one attached hydrogen (secondary N) is 1. The van der Waals surface area contributed by atoms with Crippen LogP contribution in [0.2, 0.25) is 5.02 Å². The highest BCUT2D eigenvalue weighted by Gasteiger charge is 2.39. The zero-order valence-electron chi connectivity index (χ0n) is 20.1. The Morgan fingerprint density at radius 3 is 2.91 bits per heavy atom. The van der Waals surface area contributed by atoms with E-state index >= 15 is 4.39 Å². The maximum absolute atomic E-state index is 15.3. The fourth-order valence-corrected chi connectivity index (χ4v) is 4.51. The van der Waals surface area contributed by atoms with Crippen molar-refractivity contribution in [1.29, 1.82) is 0 Å². The molecule has 0 saturated carbocycles. The number of fused-ring (bicyclic) bond motifs is 1. The molecule has 3 aromatic rings. The second-order valence-corrected chi connectivity index (χ2v) is 9.56. The van der Waals surface area contributed by atoms with Gasteiger partial charge in [0.1, 0.15) is 34.1 Å². The van der Waals surface area contributed by atoms with Crippen molar-refractivity contribution in [3.8, 4) is 5.75 Å². The molecule has 188 valence electrons. The number of ether oxygens (including phenoxy) is 2. The predicted octanol–water partition coefficient (Wildman–Crippen LogP) is 3.22. The van der Waals surface area contributed by atoms with Crippen molar-refractivity contribution >= 4 is 28.8 Å². The number of carbonyl (C=O) groups excluding carboxylic acids is 1. The third-order valence-corrected chi connectivity index (χ3v) is 6.32. The van der Waals surface area contributed by atoms with Crippen LogP contribution in [0.5, 0.6) is 5.75 Å². The molecule has 0 bridgehead atoms. The zero-order valence-corrected chi connectivity index (χ0v) is 20.8. The van der Waals surface area contributed by atoms with Crippen LogP contribution in [-0.4, -0.2) is 51.2 Å². The minimum atomic E-state index is -1.85. The van der Waals surface area contributed by atoms with E-state index in [1.54, 1.807) is 31.4 Å². The quantitative estimate of drug-likeness (QED) is 0.450. The van der Waals surface area contributed by atoms with Gasteiger partial charge in [-0.25, -0.2) is 14.4 Å². The molecule has 4 rings (SSSR count). The third-order valence-electron chi connectivity index (χ3n) is 6.05. The third kappa shape index (κ3) is 4.65. The van der Waals surface area contributed by atoms with E-state index in [4.69, 9.17) is 26.8 Å². The van der Waals surface area contributed by atoms with E-state index in [-0.39, 0.29) is 39.5 Å². The van der Waals surface area contributed by atoms with Gasteiger partial charge in [0.25, 0.3) is 5.91 Å². The van der Waals surface area contributed by atoms with Gasteiger partial charge in [0.15, 0.2) is 5.82 Å². The number of hydrogen-bond donors (Lipinski definition) is 3. The van der Waals surface area contributed by atoms with Gasteiger partial charge in [-0.3, -0.25) is 9.20 Å². The van der Waals surface area contributed by atoms with E-state index in [0.29, 0.717) is 31.0 Å². The topological polar surface area (TPSA) is 124 Å². The molecule has 1 aliphatic heterocycles. The van der Waals surface area contributed by atoms with Gasteiger partial charge in [-0.1, -0.05) is 11.6 Å². The average Bonchev–Trinajstić information content (AvgIpc) is 3.43. The first-order valence-electron chi connectivity index (χ1n) is 11.4. The smallest absolute Gasteiger partial charge is 0.258 e. The number of aromatic nitrogens is 3. The van der Waals surface area contributed by atoms with Gasteiger partial charge in [-0.2, -0.15) is 0 Å². The summed E-state index contributed by atoms with van der Waals surface area (Å²) in [6.45, 7) is 8.16. The van der Waals surface area contributed by atoms with Crippen molar-refractivity contribution in [3.63, 3.8) is 0 Å². The molecule has 0 aliphatic carbocycles. The van der Waals surface area contributed by atoms with E-state index in [2.05, 4.69) is 15.3 Å². The Balaban J connectivity index is 1.87. The largest absolute Gasteiger partial charge is 0.490 e. The summed E-state index contributed by atoms with van der Waals surface area (Å²) in [7, 11) is 0. The summed E-state index contributed by atoms with van der Waals surface area (Å²) in [6.07, 6.45) is 3.47. The summed E-state index contributed by atoms with van der Waals surface area (Å²) in [5.74, 6) is -1.17. The number of benzene rings is 1. The first-order valence-corrected chi connectivity index (χ1v) is 11.8. The van der Waals surface area contributed by atoms with E-state index in [0.717, 1.165) is 6.42 Å². The number of nitrogens with two attached hydrogens (primary N) is 1. The molecule has 35 heavy (non-hydrogen) atoms. The van der Waals surface area contributed by atoms with Crippen molar-refractivity contribution in [3.05, 3.63) is 51.9 Å². The van der Waals surface area contributed by atoms with Crippen LogP contribution in [0.4, 0.5) is 10.2 Å². The number of amides is 1. The lowest BCUT2D eigenvalue weighted by Gasteiger charge is -2.28. The lowest BCUT2D eigenvalue weighted by Crippen LogP contribution is -2.33. The maximum Gasteiger partial charge on any atom is 0.258 e. The summed E-state index contributed by atoms with van der Waals surface area (Å²) in [4.78, 5) is 21.8. The van der Waals surface area contributed by atoms with Gasteiger partial charge in [0.2, 0.25) is 0 Å². The highest BCUT2D eigenvalue weighted by Crippen LogP contribution is 2.42. The molecular formula is C24H29ClFN5O4. The van der Waals surface area contributed by atoms with Gasteiger partial charge in [0, 0.05) is 37.0 Å². The molecule has 1 amide bonds. The first-order chi connectivity index (χ1) is 16.5. The van der Waals surface area contributed by atoms with Crippen LogP contribution in [0.1, 0.15) is 54.6 Å². The molecule has 1 aliphatic rings. The average molecular weight is 506 g/mol. The van der Waals surface area contributed by atoms with Crippen LogP contribution in [-0.2, 0) is 10.3 Å². The number of aryl methyl sites for hydroxylation is 1. The summed E-state index contributed by atoms with van der Waals surface area (Å²) < 4.78 is 28.2. The Hall–Kier alpha value is -2.95. The molecule has 4 N–H and O–H groups in total. The Labute approximate surface area is 207 Å². The zero-order chi connectivity index (χ0) is 25.5. The molecule has 11 heteroatoms. The minimum absolute atomic E-state index is 0.0919. The molecule has 1 aromatic carbocycles. The van der Waals surface area contributed by atoms with Crippen molar-refractivity contribution in [2.45, 2.75) is 45.8 Å². The number of aliphatic hydroxyl groups is 1. The highest BCUT2D eigenvalue weighted by molar-refractivity contribution is 6.31. The number of halogens is 2. The van der Waals surface area contributed by atoms with E-state index in [1.807, 2.05) is 0 Å². The molecule has 9 nitrogen and oxygen atoms in total. The van der Waals surface area contributed by atoms with Crippen LogP contribution in [0.25, 0.3) is 5.52 Å². The Morgan fingerprint density at radius 1 is 1.51 bits per heavy atom. The lowest BCUT2D eigenvalue weighted by molar-refractivity contribution is 0.0840. The number of nitrogens with zero attached hydrogens (tertiary/aromatic N) is 3. The van der Waals surface area contributed by atoms with Gasteiger partial charge in [-0.15, -0.1) is 0 Å². The van der Waals surface area contributed by atoms with Crippen LogP contribution < -0.4 is 15.8 Å². The van der Waals surface area contributed by atoms with E-state index in [1.165, 1.54) is 19.2 Å². The van der Waals surface area contributed by atoms with Gasteiger partial charge >= 0.3 is 0 Å². The maximum atomic E-state index is 15.3. The first kappa shape index (κ1) is 25.2. The number of nitrogen functional groups attached to an aromatic ring is 1. The molecule has 2 aromatic heterocycles. The lowest BCUT2D eigenvalue weighted by atomic mass is 9.91. The molecular weight excluding hydrogens is 477 g/mol. The number of carbonyl (C=O) groups is 1. The molecule has 2 atom stereocenters. The second kappa shape index (κ2) is 9.60. The SMILES string of the molecule is Cc1nc([C@@](C)(O)c2cc(Cl)c(F)c(C(=O)NC[C@@H]3CCOC3)c2OC(C)C)n2ccnc(N)c12. The summed E-state index contributed by atoms with van der Waals surface area (Å²) >= 11 is 6.24. The van der Waals surface area contributed by atoms with Crippen molar-refractivity contribution in [2.24, 2.45) is 5.92 Å². The summed E-state index contributed by atoms with van der Waals surface area (Å²) in [5, 5.41) is 14.3. The van der Waals surface area contributed by atoms with Crippen LogP contribution in [0.3, 0.4) is 0 Å². The molecule has 1 saturated heterocycles. The Bertz CT molecular complexity index is 1270. The number of hydrogen-bond acceptors (Lipinski definition) is 7. The summed E-state index contributed by atoms with van der Waals surface area (Å²) in [5.41, 5.74) is 4.97. The fourth-order valence-electron chi connectivity index (χ4n) is 4.31. The van der Waals surface area contributed by atoms with E-state index in [9.17, 15) is 9.90 Å². The van der Waals surface area contributed by atoms with E-state index < -0.39 is 23.4 Å². The minimum Gasteiger partial charge on any atom is -0.490 e. The van der Waals surface area contributed by atoms with Crippen LogP contribution in [0.15, 0.2) is 18.5 Å². The molecule has 0 radical (unpaired) electrons. The second-order valence-electron chi connectivity index (χ2n) is 9.15. The van der Waals surface area contributed by atoms with Crippen molar-refractivity contribution in [1.82, 2.24) is 19.7 Å². The number of imidazole rings is 1. The standard InChI is InChI=1S/C24H29ClFN5O4/c1-12(2)35-20-15(24(4,33)23-30-13(3)19-21(27)28-6-7-31(19)23)9-16(25)18(26)17(20)22(32)29-10-14-5-8-34-11-14/h6-7,9,12,14,33H,5,8,10-11H2,1-4H3,(H2,27,28)(H,29,32)/t14-,24-/m0/s1. The van der Waals surface area contributed by atoms with Gasteiger partial charge in [-0.05, 0) is 40.2 Å². The number of rotatable bonds is 7. The summed E-state index contributed by atoms with van der Waals surface area (Å²) in [6, 6.07) is 1.26. The van der Waals surface area contributed by atoms with Crippen molar-refractivity contribution in [2.75, 3.05) is 25.5 Å². The monoisotopic (exact) mass is 505 g/mol. The Morgan fingerprint density at radius 2 is 2.26 bits per heavy atom. The Kier molecular flexibility index (Phi) is 6.90. The number of anilines is 1. The van der Waals surface area contributed by atoms with Crippen LogP contribution in [0, 0.1) is 18.7 Å². The molecule has 1 fully saturated rings. The van der Waals surface area contributed by atoms with Gasteiger partial charge < -0.3 is 25.6 Å². The predicted molar refractivity (Wildman–Crippen MR) is 129 cm³/mol. The van der Waals surface area contributed by atoms with Gasteiger partial charge in [0.05, 0.1) is 23.4 Å². The molecule has 0 spiro atoms.